The average molecular weight is 549 g/mol. The van der Waals surface area contributed by atoms with Crippen molar-refractivity contribution in [1.29, 1.82) is 0 Å². The molecule has 3 N–H and O–H groups in total. The number of hydrogen-bond donors (Lipinski definition) is 2. The Hall–Kier alpha value is -2.92. The number of nitrogens with two attached hydrogens (primary N) is 1. The number of thiophene rings is 1. The van der Waals surface area contributed by atoms with Crippen LogP contribution in [-0.2, 0) is 9.53 Å². The molecule has 0 bridgehead atoms. The van der Waals surface area contributed by atoms with E-state index in [9.17, 15) is 19.2 Å². The van der Waals surface area contributed by atoms with E-state index in [1.165, 1.54) is 11.3 Å². The number of carbonyl (C=O) groups is 4. The molecule has 1 atom stereocenters. The van der Waals surface area contributed by atoms with Crippen molar-refractivity contribution in [3.63, 3.8) is 0 Å². The van der Waals surface area contributed by atoms with Crippen molar-refractivity contribution in [3.05, 3.63) is 50.1 Å². The molecule has 11 heteroatoms. The van der Waals surface area contributed by atoms with E-state index in [-0.39, 0.29) is 36.3 Å². The SMILES string of the molecule is Cc1cc(N2CC(NC(=O)c3ccc(Br)s3)CC2=O)ccc1C(=O)N1CCC(OC(N)=O)CC1. The van der Waals surface area contributed by atoms with E-state index in [0.717, 1.165) is 9.35 Å². The van der Waals surface area contributed by atoms with Crippen LogP contribution >= 0.6 is 27.3 Å². The largest absolute Gasteiger partial charge is 0.446 e. The Kier molecular flexibility index (Phi) is 7.22. The first-order valence-corrected chi connectivity index (χ1v) is 12.5. The lowest BCUT2D eigenvalue weighted by atomic mass is 10.0. The number of piperidine rings is 1. The van der Waals surface area contributed by atoms with Crippen molar-refractivity contribution >= 4 is 56.8 Å². The van der Waals surface area contributed by atoms with Crippen molar-refractivity contribution in [2.24, 2.45) is 5.73 Å². The van der Waals surface area contributed by atoms with Crippen molar-refractivity contribution in [3.8, 4) is 0 Å². The molecule has 2 aliphatic heterocycles. The predicted octanol–water partition coefficient (Wildman–Crippen LogP) is 3.05. The molecule has 180 valence electrons. The quantitative estimate of drug-likeness (QED) is 0.594. The first kappa shape index (κ1) is 24.2. The van der Waals surface area contributed by atoms with E-state index in [1.807, 2.05) is 19.1 Å². The minimum Gasteiger partial charge on any atom is -0.446 e. The Morgan fingerprint density at radius 2 is 1.91 bits per heavy atom. The fourth-order valence-corrected chi connectivity index (χ4v) is 5.60. The number of aryl methyl sites for hydroxylation is 1. The molecule has 34 heavy (non-hydrogen) atoms. The first-order chi connectivity index (χ1) is 16.2. The van der Waals surface area contributed by atoms with Crippen LogP contribution in [0.2, 0.25) is 0 Å². The third-order valence-corrected chi connectivity index (χ3v) is 7.64. The fraction of sp³-hybridized carbons (Fsp3) is 0.391. The van der Waals surface area contributed by atoms with Gasteiger partial charge < -0.3 is 25.6 Å². The van der Waals surface area contributed by atoms with Crippen LogP contribution in [0, 0.1) is 6.92 Å². The molecule has 1 unspecified atom stereocenters. The second-order valence-electron chi connectivity index (χ2n) is 8.41. The number of carbonyl (C=O) groups excluding carboxylic acids is 4. The Bertz CT molecular complexity index is 1130. The van der Waals surface area contributed by atoms with Gasteiger partial charge in [-0.05, 0) is 58.7 Å². The van der Waals surface area contributed by atoms with Crippen LogP contribution in [-0.4, -0.2) is 60.5 Å². The number of anilines is 1. The van der Waals surface area contributed by atoms with E-state index in [1.54, 1.807) is 28.0 Å². The van der Waals surface area contributed by atoms with Crippen molar-refractivity contribution in [1.82, 2.24) is 10.2 Å². The molecular weight excluding hydrogens is 524 g/mol. The van der Waals surface area contributed by atoms with Crippen LogP contribution in [0.15, 0.2) is 34.1 Å². The molecule has 2 aromatic rings. The molecule has 1 aromatic heterocycles. The monoisotopic (exact) mass is 548 g/mol. The number of ether oxygens (including phenoxy) is 1. The first-order valence-electron chi connectivity index (χ1n) is 10.9. The molecule has 0 spiro atoms. The Morgan fingerprint density at radius 1 is 1.18 bits per heavy atom. The highest BCUT2D eigenvalue weighted by atomic mass is 79.9. The maximum absolute atomic E-state index is 13.0. The molecule has 3 heterocycles. The van der Waals surface area contributed by atoms with Gasteiger partial charge >= 0.3 is 6.09 Å². The van der Waals surface area contributed by atoms with E-state index in [4.69, 9.17) is 10.5 Å². The highest BCUT2D eigenvalue weighted by Gasteiger charge is 2.33. The molecule has 2 aliphatic rings. The molecule has 9 nitrogen and oxygen atoms in total. The number of rotatable bonds is 5. The summed E-state index contributed by atoms with van der Waals surface area (Å²) in [4.78, 5) is 53.0. The second kappa shape index (κ2) is 10.1. The predicted molar refractivity (Wildman–Crippen MR) is 131 cm³/mol. The number of hydrogen-bond acceptors (Lipinski definition) is 6. The van der Waals surface area contributed by atoms with Crippen LogP contribution in [0.3, 0.4) is 0 Å². The molecule has 1 aromatic carbocycles. The zero-order valence-electron chi connectivity index (χ0n) is 18.6. The maximum atomic E-state index is 13.0. The zero-order chi connectivity index (χ0) is 24.4. The number of nitrogens with zero attached hydrogens (tertiary/aromatic N) is 2. The van der Waals surface area contributed by atoms with E-state index in [0.29, 0.717) is 48.6 Å². The summed E-state index contributed by atoms with van der Waals surface area (Å²) in [6, 6.07) is 8.60. The van der Waals surface area contributed by atoms with Gasteiger partial charge in [0.2, 0.25) is 5.91 Å². The zero-order valence-corrected chi connectivity index (χ0v) is 21.0. The third-order valence-electron chi connectivity index (χ3n) is 6.02. The fourth-order valence-electron chi connectivity index (χ4n) is 4.31. The van der Waals surface area contributed by atoms with Crippen molar-refractivity contribution in [2.75, 3.05) is 24.5 Å². The van der Waals surface area contributed by atoms with E-state index >= 15 is 0 Å². The van der Waals surface area contributed by atoms with Gasteiger partial charge in [0.05, 0.1) is 14.7 Å². The number of amides is 4. The summed E-state index contributed by atoms with van der Waals surface area (Å²) < 4.78 is 5.90. The van der Waals surface area contributed by atoms with E-state index < -0.39 is 6.09 Å². The summed E-state index contributed by atoms with van der Waals surface area (Å²) >= 11 is 4.69. The highest BCUT2D eigenvalue weighted by Crippen LogP contribution is 2.27. The molecule has 4 amide bonds. The van der Waals surface area contributed by atoms with Gasteiger partial charge in [-0.2, -0.15) is 0 Å². The minimum absolute atomic E-state index is 0.0762. The van der Waals surface area contributed by atoms with Gasteiger partial charge in [-0.25, -0.2) is 4.79 Å². The topological polar surface area (TPSA) is 122 Å². The lowest BCUT2D eigenvalue weighted by molar-refractivity contribution is -0.117. The normalized spacial score (nSPS) is 18.8. The Morgan fingerprint density at radius 3 is 2.53 bits per heavy atom. The Balaban J connectivity index is 1.38. The third kappa shape index (κ3) is 5.41. The molecule has 2 fully saturated rings. The van der Waals surface area contributed by atoms with Crippen LogP contribution in [0.1, 0.15) is 44.9 Å². The molecule has 0 aliphatic carbocycles. The summed E-state index contributed by atoms with van der Waals surface area (Å²) in [6.07, 6.45) is 0.253. The van der Waals surface area contributed by atoms with Gasteiger partial charge in [0.1, 0.15) is 6.10 Å². The molecule has 0 saturated carbocycles. The van der Waals surface area contributed by atoms with Gasteiger partial charge in [0.15, 0.2) is 0 Å². The number of halogens is 1. The molecule has 0 radical (unpaired) electrons. The lowest BCUT2D eigenvalue weighted by Crippen LogP contribution is -2.42. The van der Waals surface area contributed by atoms with Crippen LogP contribution in [0.5, 0.6) is 0 Å². The number of nitrogens with one attached hydrogen (secondary N) is 1. The average Bonchev–Trinajstić information content (AvgIpc) is 3.38. The molecule has 4 rings (SSSR count). The lowest BCUT2D eigenvalue weighted by Gasteiger charge is -2.31. The van der Waals surface area contributed by atoms with Gasteiger partial charge in [0, 0.05) is 50.1 Å². The van der Waals surface area contributed by atoms with Gasteiger partial charge in [-0.3, -0.25) is 14.4 Å². The smallest absolute Gasteiger partial charge is 0.404 e. The summed E-state index contributed by atoms with van der Waals surface area (Å²) in [5.41, 5.74) is 7.10. The summed E-state index contributed by atoms with van der Waals surface area (Å²) in [5, 5.41) is 2.93. The van der Waals surface area contributed by atoms with Crippen LogP contribution in [0.25, 0.3) is 0 Å². The number of benzene rings is 1. The minimum atomic E-state index is -0.797. The van der Waals surface area contributed by atoms with Gasteiger partial charge in [-0.1, -0.05) is 0 Å². The summed E-state index contributed by atoms with van der Waals surface area (Å²) in [5.74, 6) is -0.369. The summed E-state index contributed by atoms with van der Waals surface area (Å²) in [7, 11) is 0. The van der Waals surface area contributed by atoms with E-state index in [2.05, 4.69) is 21.2 Å². The molecule has 2 saturated heterocycles. The maximum Gasteiger partial charge on any atom is 0.404 e. The van der Waals surface area contributed by atoms with Gasteiger partial charge in [-0.15, -0.1) is 11.3 Å². The standard InChI is InChI=1S/C23H25BrN4O5S/c1-13-10-15(2-3-17(13)22(31)27-8-6-16(7-9-27)33-23(25)32)28-12-14(11-20(28)29)26-21(30)18-4-5-19(24)34-18/h2-5,10,14,16H,6-9,11-12H2,1H3,(H2,25,32)(H,26,30). The second-order valence-corrected chi connectivity index (χ2v) is 10.9. The van der Waals surface area contributed by atoms with Crippen LogP contribution in [0.4, 0.5) is 10.5 Å². The van der Waals surface area contributed by atoms with Crippen molar-refractivity contribution in [2.45, 2.75) is 38.3 Å². The Labute approximate surface area is 209 Å². The highest BCUT2D eigenvalue weighted by molar-refractivity contribution is 9.11. The van der Waals surface area contributed by atoms with Crippen molar-refractivity contribution < 1.29 is 23.9 Å². The molecular formula is C23H25BrN4O5S. The van der Waals surface area contributed by atoms with Gasteiger partial charge in [0.25, 0.3) is 11.8 Å². The number of likely N-dealkylation sites (tertiary alicyclic amines) is 1. The van der Waals surface area contributed by atoms with Crippen LogP contribution < -0.4 is 16.0 Å². The number of primary amides is 1. The summed E-state index contributed by atoms with van der Waals surface area (Å²) in [6.45, 7) is 3.17.